The van der Waals surface area contributed by atoms with Crippen LogP contribution in [0, 0.1) is 0 Å². The summed E-state index contributed by atoms with van der Waals surface area (Å²) in [5, 5.41) is 0. The second kappa shape index (κ2) is 14.1. The van der Waals surface area contributed by atoms with E-state index in [0.717, 1.165) is 31.5 Å². The summed E-state index contributed by atoms with van der Waals surface area (Å²) in [7, 11) is 3.23. The molecule has 0 heterocycles. The van der Waals surface area contributed by atoms with Gasteiger partial charge in [-0.05, 0) is 36.6 Å². The van der Waals surface area contributed by atoms with Crippen molar-refractivity contribution in [1.29, 1.82) is 0 Å². The monoisotopic (exact) mass is 375 g/mol. The van der Waals surface area contributed by atoms with E-state index < -0.39 is 0 Å². The molecule has 0 bridgehead atoms. The molecule has 0 saturated carbocycles. The van der Waals surface area contributed by atoms with E-state index in [1.807, 2.05) is 29.2 Å². The number of nitrogens with zero attached hydrogens (tertiary/aromatic N) is 1. The maximum atomic E-state index is 12.7. The zero-order valence-corrected chi connectivity index (χ0v) is 17.6. The van der Waals surface area contributed by atoms with Gasteiger partial charge in [0.15, 0.2) is 11.5 Å². The van der Waals surface area contributed by atoms with E-state index in [4.69, 9.17) is 9.47 Å². The Balaban J connectivity index is 2.70. The lowest BCUT2D eigenvalue weighted by molar-refractivity contribution is -0.126. The van der Waals surface area contributed by atoms with Crippen LogP contribution in [0.15, 0.2) is 24.3 Å². The van der Waals surface area contributed by atoms with Crippen molar-refractivity contribution >= 4 is 12.0 Å². The largest absolute Gasteiger partial charge is 0.493 e. The van der Waals surface area contributed by atoms with Gasteiger partial charge in [-0.3, -0.25) is 4.79 Å². The quantitative estimate of drug-likeness (QED) is 0.309. The third kappa shape index (κ3) is 8.98. The maximum absolute atomic E-state index is 12.7. The molecule has 0 N–H and O–H groups in total. The van der Waals surface area contributed by atoms with E-state index in [9.17, 15) is 4.79 Å². The summed E-state index contributed by atoms with van der Waals surface area (Å²) in [6.45, 7) is 6.11. The number of rotatable bonds is 14. The summed E-state index contributed by atoms with van der Waals surface area (Å²) in [5.74, 6) is 1.45. The van der Waals surface area contributed by atoms with Crippen molar-refractivity contribution in [3.05, 3.63) is 29.8 Å². The van der Waals surface area contributed by atoms with E-state index in [1.165, 1.54) is 38.5 Å². The lowest BCUT2D eigenvalue weighted by Gasteiger charge is -2.21. The van der Waals surface area contributed by atoms with Crippen LogP contribution in [0.5, 0.6) is 11.5 Å². The Morgan fingerprint density at radius 1 is 0.889 bits per heavy atom. The molecule has 0 aliphatic rings. The first kappa shape index (κ1) is 23.1. The highest BCUT2D eigenvalue weighted by Gasteiger charge is 2.10. The van der Waals surface area contributed by atoms with Gasteiger partial charge < -0.3 is 14.4 Å². The van der Waals surface area contributed by atoms with Gasteiger partial charge in [-0.2, -0.15) is 0 Å². The smallest absolute Gasteiger partial charge is 0.246 e. The first-order valence-corrected chi connectivity index (χ1v) is 10.3. The number of hydrogen-bond acceptors (Lipinski definition) is 3. The minimum atomic E-state index is 0.0952. The molecule has 0 radical (unpaired) electrons. The minimum absolute atomic E-state index is 0.0952. The molecule has 0 aromatic heterocycles. The molecule has 0 saturated heterocycles. The number of ether oxygens (including phenoxy) is 2. The van der Waals surface area contributed by atoms with E-state index in [2.05, 4.69) is 13.8 Å². The molecule has 1 rings (SSSR count). The number of carbonyl (C=O) groups excluding carboxylic acids is 1. The fourth-order valence-corrected chi connectivity index (χ4v) is 3.02. The average molecular weight is 376 g/mol. The zero-order chi connectivity index (χ0) is 19.9. The van der Waals surface area contributed by atoms with Crippen molar-refractivity contribution in [2.75, 3.05) is 27.3 Å². The molecule has 0 unspecified atom stereocenters. The molecular formula is C23H37NO3. The van der Waals surface area contributed by atoms with E-state index in [-0.39, 0.29) is 5.91 Å². The highest BCUT2D eigenvalue weighted by Crippen LogP contribution is 2.28. The van der Waals surface area contributed by atoms with Gasteiger partial charge in [-0.15, -0.1) is 0 Å². The van der Waals surface area contributed by atoms with Crippen molar-refractivity contribution in [3.8, 4) is 11.5 Å². The van der Waals surface area contributed by atoms with Crippen molar-refractivity contribution in [1.82, 2.24) is 4.90 Å². The Morgan fingerprint density at radius 3 is 2.00 bits per heavy atom. The summed E-state index contributed by atoms with van der Waals surface area (Å²) in [6, 6.07) is 5.67. The zero-order valence-electron chi connectivity index (χ0n) is 17.6. The van der Waals surface area contributed by atoms with Crippen LogP contribution in [0.2, 0.25) is 0 Å². The fraction of sp³-hybridized carbons (Fsp3) is 0.609. The average Bonchev–Trinajstić information content (AvgIpc) is 2.70. The fourth-order valence-electron chi connectivity index (χ4n) is 3.02. The van der Waals surface area contributed by atoms with Crippen LogP contribution in [0.1, 0.15) is 70.8 Å². The summed E-state index contributed by atoms with van der Waals surface area (Å²) in [6.07, 6.45) is 13.0. The van der Waals surface area contributed by atoms with Gasteiger partial charge >= 0.3 is 0 Å². The van der Waals surface area contributed by atoms with Gasteiger partial charge in [0.25, 0.3) is 0 Å². The van der Waals surface area contributed by atoms with Crippen molar-refractivity contribution in [2.45, 2.75) is 65.2 Å². The standard InChI is InChI=1S/C23H37NO3/c1-5-7-9-11-17-24(18-12-10-8-6-2)23(25)16-14-20-13-15-21(26-3)22(19-20)27-4/h13-16,19H,5-12,17-18H2,1-4H3/b16-14+. The van der Waals surface area contributed by atoms with Gasteiger partial charge in [0.2, 0.25) is 5.91 Å². The number of hydrogen-bond donors (Lipinski definition) is 0. The third-order valence-corrected chi connectivity index (χ3v) is 4.70. The molecule has 0 aliphatic heterocycles. The molecule has 0 atom stereocenters. The van der Waals surface area contributed by atoms with Gasteiger partial charge in [0, 0.05) is 19.2 Å². The van der Waals surface area contributed by atoms with Crippen molar-refractivity contribution in [3.63, 3.8) is 0 Å². The van der Waals surface area contributed by atoms with Crippen molar-refractivity contribution in [2.24, 2.45) is 0 Å². The van der Waals surface area contributed by atoms with Crippen LogP contribution in [-0.4, -0.2) is 38.1 Å². The van der Waals surface area contributed by atoms with Gasteiger partial charge in [0.05, 0.1) is 14.2 Å². The molecule has 1 aromatic carbocycles. The highest BCUT2D eigenvalue weighted by atomic mass is 16.5. The van der Waals surface area contributed by atoms with Crippen LogP contribution in [0.25, 0.3) is 6.08 Å². The lowest BCUT2D eigenvalue weighted by atomic mass is 10.1. The first-order chi connectivity index (χ1) is 13.2. The molecule has 4 nitrogen and oxygen atoms in total. The van der Waals surface area contributed by atoms with Gasteiger partial charge in [-0.1, -0.05) is 58.4 Å². The maximum Gasteiger partial charge on any atom is 0.246 e. The molecule has 1 aromatic rings. The predicted octanol–water partition coefficient (Wildman–Crippen LogP) is 5.71. The Labute approximate surface area is 165 Å². The van der Waals surface area contributed by atoms with Gasteiger partial charge in [0.1, 0.15) is 0 Å². The third-order valence-electron chi connectivity index (χ3n) is 4.70. The lowest BCUT2D eigenvalue weighted by Crippen LogP contribution is -2.31. The Hall–Kier alpha value is -1.97. The predicted molar refractivity (Wildman–Crippen MR) is 113 cm³/mol. The topological polar surface area (TPSA) is 38.8 Å². The van der Waals surface area contributed by atoms with Crippen LogP contribution in [0.3, 0.4) is 0 Å². The molecular weight excluding hydrogens is 338 g/mol. The number of carbonyl (C=O) groups is 1. The Bertz CT molecular complexity index is 557. The highest BCUT2D eigenvalue weighted by molar-refractivity contribution is 5.91. The van der Waals surface area contributed by atoms with Crippen LogP contribution in [-0.2, 0) is 4.79 Å². The Kier molecular flexibility index (Phi) is 12.1. The molecule has 152 valence electrons. The number of amides is 1. The number of benzene rings is 1. The molecule has 27 heavy (non-hydrogen) atoms. The number of methoxy groups -OCH3 is 2. The van der Waals surface area contributed by atoms with E-state index in [1.54, 1.807) is 20.3 Å². The van der Waals surface area contributed by atoms with E-state index >= 15 is 0 Å². The summed E-state index contributed by atoms with van der Waals surface area (Å²) in [4.78, 5) is 14.7. The van der Waals surface area contributed by atoms with Crippen LogP contribution >= 0.6 is 0 Å². The number of unbranched alkanes of at least 4 members (excludes halogenated alkanes) is 6. The minimum Gasteiger partial charge on any atom is -0.493 e. The van der Waals surface area contributed by atoms with Crippen LogP contribution in [0.4, 0.5) is 0 Å². The summed E-state index contributed by atoms with van der Waals surface area (Å²) >= 11 is 0. The van der Waals surface area contributed by atoms with E-state index in [0.29, 0.717) is 11.5 Å². The molecule has 1 amide bonds. The normalized spacial score (nSPS) is 11.0. The molecule has 0 fully saturated rings. The summed E-state index contributed by atoms with van der Waals surface area (Å²) in [5.41, 5.74) is 0.929. The first-order valence-electron chi connectivity index (χ1n) is 10.3. The van der Waals surface area contributed by atoms with Gasteiger partial charge in [-0.25, -0.2) is 0 Å². The van der Waals surface area contributed by atoms with Crippen molar-refractivity contribution < 1.29 is 14.3 Å². The van der Waals surface area contributed by atoms with Crippen LogP contribution < -0.4 is 9.47 Å². The second-order valence-electron chi connectivity index (χ2n) is 6.89. The molecule has 4 heteroatoms. The molecule has 0 aliphatic carbocycles. The Morgan fingerprint density at radius 2 is 1.48 bits per heavy atom. The SMILES string of the molecule is CCCCCCN(CCCCCC)C(=O)/C=C/c1ccc(OC)c(OC)c1. The summed E-state index contributed by atoms with van der Waals surface area (Å²) < 4.78 is 10.6. The molecule has 0 spiro atoms. The second-order valence-corrected chi connectivity index (χ2v) is 6.89.